The van der Waals surface area contributed by atoms with Crippen molar-refractivity contribution in [3.05, 3.63) is 102 Å². The minimum absolute atomic E-state index is 0.171. The molecule has 3 aromatic rings. The van der Waals surface area contributed by atoms with Crippen molar-refractivity contribution in [3.8, 4) is 0 Å². The molecule has 1 N–H and O–H groups in total. The van der Waals surface area contributed by atoms with Gasteiger partial charge >= 0.3 is 0 Å². The number of benzene rings is 3. The molecule has 25 heavy (non-hydrogen) atoms. The highest BCUT2D eigenvalue weighted by molar-refractivity contribution is 7.80. The highest BCUT2D eigenvalue weighted by Crippen LogP contribution is 2.23. The molecule has 0 heterocycles. The van der Waals surface area contributed by atoms with Gasteiger partial charge in [-0.15, -0.1) is 0 Å². The predicted molar refractivity (Wildman–Crippen MR) is 110 cm³/mol. The molecule has 0 aliphatic carbocycles. The average Bonchev–Trinajstić information content (AvgIpc) is 2.68. The summed E-state index contributed by atoms with van der Waals surface area (Å²) in [4.78, 5) is 2.23. The Labute approximate surface area is 155 Å². The van der Waals surface area contributed by atoms with Crippen LogP contribution in [0.1, 0.15) is 24.1 Å². The molecule has 0 amide bonds. The van der Waals surface area contributed by atoms with Crippen molar-refractivity contribution < 1.29 is 0 Å². The van der Waals surface area contributed by atoms with E-state index in [1.807, 2.05) is 42.5 Å². The monoisotopic (exact) mass is 346 g/mol. The third kappa shape index (κ3) is 4.68. The fraction of sp³-hybridized carbons (Fsp3) is 0.136. The van der Waals surface area contributed by atoms with E-state index in [9.17, 15) is 0 Å². The van der Waals surface area contributed by atoms with Crippen LogP contribution >= 0.6 is 12.2 Å². The van der Waals surface area contributed by atoms with Crippen molar-refractivity contribution in [2.45, 2.75) is 19.5 Å². The maximum Gasteiger partial charge on any atom is 0.174 e. The minimum atomic E-state index is 0.171. The number of rotatable bonds is 5. The number of anilines is 1. The highest BCUT2D eigenvalue weighted by atomic mass is 32.1. The molecule has 0 aromatic heterocycles. The smallest absolute Gasteiger partial charge is 0.174 e. The van der Waals surface area contributed by atoms with Gasteiger partial charge in [0.2, 0.25) is 0 Å². The summed E-state index contributed by atoms with van der Waals surface area (Å²) in [5.74, 6) is 0. The summed E-state index contributed by atoms with van der Waals surface area (Å²) in [5, 5.41) is 4.10. The summed E-state index contributed by atoms with van der Waals surface area (Å²) in [6, 6.07) is 31.2. The van der Waals surface area contributed by atoms with E-state index in [-0.39, 0.29) is 6.04 Å². The van der Waals surface area contributed by atoms with Gasteiger partial charge in [-0.25, -0.2) is 0 Å². The fourth-order valence-electron chi connectivity index (χ4n) is 2.79. The van der Waals surface area contributed by atoms with E-state index >= 15 is 0 Å². The van der Waals surface area contributed by atoms with Gasteiger partial charge < -0.3 is 10.2 Å². The van der Waals surface area contributed by atoms with E-state index in [4.69, 9.17) is 12.2 Å². The Balaban J connectivity index is 1.84. The van der Waals surface area contributed by atoms with E-state index in [2.05, 4.69) is 65.7 Å². The standard InChI is InChI=1S/C22H22N2S/c1-18(20-13-7-3-8-14-20)24(17-19-11-5-2-6-12-19)22(25)23-21-15-9-4-10-16-21/h2-16,18H,17H2,1H3,(H,23,25)/t18-/m1/s1. The summed E-state index contributed by atoms with van der Waals surface area (Å²) in [6.07, 6.45) is 0. The molecule has 126 valence electrons. The first-order valence-electron chi connectivity index (χ1n) is 8.45. The Kier molecular flexibility index (Phi) is 5.81. The normalized spacial score (nSPS) is 11.6. The number of para-hydroxylation sites is 1. The third-order valence-corrected chi connectivity index (χ3v) is 4.57. The van der Waals surface area contributed by atoms with E-state index in [1.54, 1.807) is 0 Å². The first kappa shape index (κ1) is 17.2. The van der Waals surface area contributed by atoms with Crippen molar-refractivity contribution >= 4 is 23.0 Å². The second-order valence-corrected chi connectivity index (χ2v) is 6.38. The van der Waals surface area contributed by atoms with Crippen LogP contribution in [0.15, 0.2) is 91.0 Å². The van der Waals surface area contributed by atoms with E-state index < -0.39 is 0 Å². The van der Waals surface area contributed by atoms with Gasteiger partial charge in [-0.2, -0.15) is 0 Å². The second-order valence-electron chi connectivity index (χ2n) is 6.00. The Hall–Kier alpha value is -2.65. The lowest BCUT2D eigenvalue weighted by atomic mass is 10.1. The maximum absolute atomic E-state index is 5.75. The molecule has 0 saturated carbocycles. The Morgan fingerprint density at radius 1 is 0.840 bits per heavy atom. The van der Waals surface area contributed by atoms with Gasteiger partial charge in [0.25, 0.3) is 0 Å². The third-order valence-electron chi connectivity index (χ3n) is 4.23. The van der Waals surface area contributed by atoms with Gasteiger partial charge in [-0.05, 0) is 42.4 Å². The van der Waals surface area contributed by atoms with Gasteiger partial charge in [0.15, 0.2) is 5.11 Å². The van der Waals surface area contributed by atoms with Crippen LogP contribution in [0.25, 0.3) is 0 Å². The maximum atomic E-state index is 5.75. The number of thiocarbonyl (C=S) groups is 1. The lowest BCUT2D eigenvalue weighted by Gasteiger charge is -2.32. The highest BCUT2D eigenvalue weighted by Gasteiger charge is 2.19. The Morgan fingerprint density at radius 3 is 1.96 bits per heavy atom. The second kappa shape index (κ2) is 8.45. The molecule has 1 atom stereocenters. The van der Waals surface area contributed by atoms with Gasteiger partial charge in [0, 0.05) is 12.2 Å². The van der Waals surface area contributed by atoms with Crippen LogP contribution in [0.4, 0.5) is 5.69 Å². The van der Waals surface area contributed by atoms with Crippen LogP contribution in [-0.2, 0) is 6.54 Å². The molecule has 0 bridgehead atoms. The molecular formula is C22H22N2S. The number of hydrogen-bond acceptors (Lipinski definition) is 1. The Morgan fingerprint density at radius 2 is 1.36 bits per heavy atom. The molecule has 0 radical (unpaired) electrons. The van der Waals surface area contributed by atoms with Crippen molar-refractivity contribution in [3.63, 3.8) is 0 Å². The van der Waals surface area contributed by atoms with Crippen molar-refractivity contribution in [1.29, 1.82) is 0 Å². The van der Waals surface area contributed by atoms with Crippen molar-refractivity contribution in [1.82, 2.24) is 4.90 Å². The zero-order valence-electron chi connectivity index (χ0n) is 14.3. The van der Waals surface area contributed by atoms with Gasteiger partial charge in [0.05, 0.1) is 6.04 Å². The predicted octanol–water partition coefficient (Wildman–Crippen LogP) is 5.65. The zero-order valence-corrected chi connectivity index (χ0v) is 15.1. The minimum Gasteiger partial charge on any atom is -0.338 e. The fourth-order valence-corrected chi connectivity index (χ4v) is 3.13. The zero-order chi connectivity index (χ0) is 17.5. The molecule has 0 fully saturated rings. The molecule has 0 aliphatic rings. The first-order valence-corrected chi connectivity index (χ1v) is 8.86. The lowest BCUT2D eigenvalue weighted by Crippen LogP contribution is -2.36. The molecule has 0 spiro atoms. The van der Waals surface area contributed by atoms with Crippen LogP contribution in [-0.4, -0.2) is 10.0 Å². The molecule has 0 saturated heterocycles. The summed E-state index contributed by atoms with van der Waals surface area (Å²) < 4.78 is 0. The summed E-state index contributed by atoms with van der Waals surface area (Å²) >= 11 is 5.75. The molecule has 3 aromatic carbocycles. The van der Waals surface area contributed by atoms with Gasteiger partial charge in [-0.3, -0.25) is 0 Å². The van der Waals surface area contributed by atoms with Gasteiger partial charge in [0.1, 0.15) is 0 Å². The molecule has 0 unspecified atom stereocenters. The van der Waals surface area contributed by atoms with Crippen LogP contribution in [0.2, 0.25) is 0 Å². The molecule has 2 nitrogen and oxygen atoms in total. The van der Waals surface area contributed by atoms with Crippen LogP contribution < -0.4 is 5.32 Å². The van der Waals surface area contributed by atoms with E-state index in [0.29, 0.717) is 0 Å². The largest absolute Gasteiger partial charge is 0.338 e. The molecular weight excluding hydrogens is 324 g/mol. The number of hydrogen-bond donors (Lipinski definition) is 1. The first-order chi connectivity index (χ1) is 12.2. The van der Waals surface area contributed by atoms with Crippen LogP contribution in [0, 0.1) is 0 Å². The summed E-state index contributed by atoms with van der Waals surface area (Å²) in [6.45, 7) is 2.95. The number of nitrogens with one attached hydrogen (secondary N) is 1. The topological polar surface area (TPSA) is 15.3 Å². The molecule has 3 heteroatoms. The SMILES string of the molecule is C[C@H](c1ccccc1)N(Cc1ccccc1)C(=S)Nc1ccccc1. The van der Waals surface area contributed by atoms with Crippen LogP contribution in [0.3, 0.4) is 0 Å². The van der Waals surface area contributed by atoms with Gasteiger partial charge in [-0.1, -0.05) is 78.9 Å². The molecule has 0 aliphatic heterocycles. The Bertz CT molecular complexity index is 788. The average molecular weight is 346 g/mol. The molecule has 3 rings (SSSR count). The number of nitrogens with zero attached hydrogens (tertiary/aromatic N) is 1. The lowest BCUT2D eigenvalue weighted by molar-refractivity contribution is 0.334. The van der Waals surface area contributed by atoms with Crippen molar-refractivity contribution in [2.75, 3.05) is 5.32 Å². The van der Waals surface area contributed by atoms with E-state index in [1.165, 1.54) is 11.1 Å². The van der Waals surface area contributed by atoms with Crippen molar-refractivity contribution in [2.24, 2.45) is 0 Å². The summed E-state index contributed by atoms with van der Waals surface area (Å²) in [7, 11) is 0. The quantitative estimate of drug-likeness (QED) is 0.601. The van der Waals surface area contributed by atoms with Crippen LogP contribution in [0.5, 0.6) is 0 Å². The summed E-state index contributed by atoms with van der Waals surface area (Å²) in [5.41, 5.74) is 3.49. The van der Waals surface area contributed by atoms with E-state index in [0.717, 1.165) is 17.3 Å².